The van der Waals surface area contributed by atoms with E-state index in [0.717, 1.165) is 27.4 Å². The van der Waals surface area contributed by atoms with Crippen molar-refractivity contribution in [3.63, 3.8) is 0 Å². The molecule has 0 aliphatic carbocycles. The van der Waals surface area contributed by atoms with Crippen LogP contribution in [-0.4, -0.2) is 16.1 Å². The largest absolute Gasteiger partial charge is 0.355 e. The number of benzene rings is 2. The van der Waals surface area contributed by atoms with Crippen molar-refractivity contribution in [1.29, 1.82) is 0 Å². The number of carbonyl (C=O) groups excluding carboxylic acids is 1. The summed E-state index contributed by atoms with van der Waals surface area (Å²) < 4.78 is 0. The lowest BCUT2D eigenvalue weighted by molar-refractivity contribution is -0.124. The summed E-state index contributed by atoms with van der Waals surface area (Å²) >= 11 is 0. The number of H-pyrrole nitrogens is 1. The molecule has 1 amide bonds. The van der Waals surface area contributed by atoms with Gasteiger partial charge < -0.3 is 4.98 Å². The predicted molar refractivity (Wildman–Crippen MR) is 74.8 cm³/mol. The van der Waals surface area contributed by atoms with Crippen LogP contribution in [0, 0.1) is 0 Å². The van der Waals surface area contributed by atoms with Crippen molar-refractivity contribution >= 4 is 33.8 Å². The number of para-hydroxylation sites is 1. The smallest absolute Gasteiger partial charge is 0.267 e. The summed E-state index contributed by atoms with van der Waals surface area (Å²) in [4.78, 5) is 14.3. The zero-order valence-electron chi connectivity index (χ0n) is 10.1. The highest BCUT2D eigenvalue weighted by molar-refractivity contribution is 6.07. The van der Waals surface area contributed by atoms with E-state index in [2.05, 4.69) is 11.1 Å². The third kappa shape index (κ3) is 2.09. The van der Waals surface area contributed by atoms with Crippen LogP contribution in [0.2, 0.25) is 0 Å². The number of aromatic amines is 1. The van der Waals surface area contributed by atoms with Gasteiger partial charge >= 0.3 is 0 Å². The number of fused-ring (bicyclic) bond motifs is 3. The Kier molecular flexibility index (Phi) is 2.78. The molecule has 3 rings (SSSR count). The third-order valence-electron chi connectivity index (χ3n) is 3.07. The zero-order valence-corrected chi connectivity index (χ0v) is 10.1. The number of nitrogens with one attached hydrogen (secondary N) is 2. The lowest BCUT2D eigenvalue weighted by Crippen LogP contribution is -2.14. The van der Waals surface area contributed by atoms with E-state index >= 15 is 0 Å². The van der Waals surface area contributed by atoms with Gasteiger partial charge in [-0.3, -0.25) is 10.0 Å². The van der Waals surface area contributed by atoms with Gasteiger partial charge in [0, 0.05) is 27.9 Å². The fourth-order valence-corrected chi connectivity index (χ4v) is 2.18. The summed E-state index contributed by atoms with van der Waals surface area (Å²) in [6.45, 7) is 0. The molecule has 94 valence electrons. The summed E-state index contributed by atoms with van der Waals surface area (Å²) in [5, 5.41) is 10.7. The van der Waals surface area contributed by atoms with Crippen molar-refractivity contribution in [2.75, 3.05) is 0 Å². The van der Waals surface area contributed by atoms with Crippen LogP contribution in [0.3, 0.4) is 0 Å². The van der Waals surface area contributed by atoms with Crippen molar-refractivity contribution in [3.05, 3.63) is 54.1 Å². The number of carbonyl (C=O) groups is 1. The van der Waals surface area contributed by atoms with E-state index in [1.165, 1.54) is 6.08 Å². The van der Waals surface area contributed by atoms with E-state index < -0.39 is 5.91 Å². The molecule has 4 nitrogen and oxygen atoms in total. The van der Waals surface area contributed by atoms with Gasteiger partial charge in [0.15, 0.2) is 0 Å². The van der Waals surface area contributed by atoms with E-state index in [9.17, 15) is 4.79 Å². The van der Waals surface area contributed by atoms with Gasteiger partial charge in [-0.25, -0.2) is 5.48 Å². The van der Waals surface area contributed by atoms with E-state index in [0.29, 0.717) is 0 Å². The second kappa shape index (κ2) is 4.59. The quantitative estimate of drug-likeness (QED) is 0.373. The molecule has 0 aliphatic rings. The Labute approximate surface area is 109 Å². The zero-order chi connectivity index (χ0) is 13.2. The van der Waals surface area contributed by atoms with E-state index in [1.807, 2.05) is 36.4 Å². The normalized spacial score (nSPS) is 11.4. The highest BCUT2D eigenvalue weighted by atomic mass is 16.5. The lowest BCUT2D eigenvalue weighted by atomic mass is 10.1. The van der Waals surface area contributed by atoms with Gasteiger partial charge in [0.1, 0.15) is 0 Å². The maximum atomic E-state index is 11.0. The van der Waals surface area contributed by atoms with Crippen molar-refractivity contribution in [2.24, 2.45) is 0 Å². The third-order valence-corrected chi connectivity index (χ3v) is 3.07. The number of amides is 1. The first-order valence-electron chi connectivity index (χ1n) is 5.90. The molecule has 4 heteroatoms. The number of rotatable bonds is 2. The average molecular weight is 252 g/mol. The summed E-state index contributed by atoms with van der Waals surface area (Å²) in [6, 6.07) is 14.0. The van der Waals surface area contributed by atoms with Crippen LogP contribution in [0.4, 0.5) is 0 Å². The molecule has 0 unspecified atom stereocenters. The Bertz CT molecular complexity index is 787. The molecular weight excluding hydrogens is 240 g/mol. The monoisotopic (exact) mass is 252 g/mol. The van der Waals surface area contributed by atoms with E-state index in [4.69, 9.17) is 5.21 Å². The topological polar surface area (TPSA) is 65.1 Å². The Balaban J connectivity index is 2.11. The van der Waals surface area contributed by atoms with Crippen molar-refractivity contribution in [1.82, 2.24) is 10.5 Å². The maximum absolute atomic E-state index is 11.0. The molecular formula is C15H12N2O2. The SMILES string of the molecule is O=C(C=Cc1ccc2[nH]c3ccccc3c2c1)NO. The number of hydroxylamine groups is 1. The second-order valence-corrected chi connectivity index (χ2v) is 4.28. The van der Waals surface area contributed by atoms with Crippen molar-refractivity contribution in [3.8, 4) is 0 Å². The number of aromatic nitrogens is 1. The van der Waals surface area contributed by atoms with Crippen LogP contribution in [0.1, 0.15) is 5.56 Å². The predicted octanol–water partition coefficient (Wildman–Crippen LogP) is 2.84. The first-order valence-corrected chi connectivity index (χ1v) is 5.90. The van der Waals surface area contributed by atoms with Gasteiger partial charge in [-0.05, 0) is 29.8 Å². The summed E-state index contributed by atoms with van der Waals surface area (Å²) in [6.07, 6.45) is 2.95. The van der Waals surface area contributed by atoms with Crippen LogP contribution in [0.5, 0.6) is 0 Å². The van der Waals surface area contributed by atoms with Gasteiger partial charge in [-0.1, -0.05) is 24.3 Å². The molecule has 0 aliphatic heterocycles. The minimum atomic E-state index is -0.543. The first kappa shape index (κ1) is 11.5. The summed E-state index contributed by atoms with van der Waals surface area (Å²) in [7, 11) is 0. The first-order chi connectivity index (χ1) is 9.28. The van der Waals surface area contributed by atoms with Gasteiger partial charge in [0.25, 0.3) is 5.91 Å². The average Bonchev–Trinajstić information content (AvgIpc) is 2.82. The van der Waals surface area contributed by atoms with Gasteiger partial charge in [-0.2, -0.15) is 0 Å². The molecule has 0 saturated heterocycles. The summed E-state index contributed by atoms with van der Waals surface area (Å²) in [5.74, 6) is -0.543. The highest BCUT2D eigenvalue weighted by Gasteiger charge is 2.03. The molecule has 0 saturated carbocycles. The molecule has 0 bridgehead atoms. The Morgan fingerprint density at radius 1 is 1.11 bits per heavy atom. The van der Waals surface area contributed by atoms with Crippen LogP contribution in [0.15, 0.2) is 48.5 Å². The van der Waals surface area contributed by atoms with Gasteiger partial charge in [-0.15, -0.1) is 0 Å². The molecule has 0 fully saturated rings. The van der Waals surface area contributed by atoms with Crippen LogP contribution in [-0.2, 0) is 4.79 Å². The fraction of sp³-hybridized carbons (Fsp3) is 0. The molecule has 0 radical (unpaired) electrons. The fourth-order valence-electron chi connectivity index (χ4n) is 2.18. The highest BCUT2D eigenvalue weighted by Crippen LogP contribution is 2.26. The van der Waals surface area contributed by atoms with E-state index in [1.54, 1.807) is 11.6 Å². The van der Waals surface area contributed by atoms with Gasteiger partial charge in [0.05, 0.1) is 0 Å². The molecule has 2 aromatic carbocycles. The second-order valence-electron chi connectivity index (χ2n) is 4.28. The van der Waals surface area contributed by atoms with Gasteiger partial charge in [0.2, 0.25) is 0 Å². The molecule has 0 atom stereocenters. The van der Waals surface area contributed by atoms with E-state index in [-0.39, 0.29) is 0 Å². The lowest BCUT2D eigenvalue weighted by Gasteiger charge is -1.95. The Hall–Kier alpha value is -2.59. The molecule has 0 spiro atoms. The number of hydrogen-bond acceptors (Lipinski definition) is 2. The molecule has 1 aromatic heterocycles. The van der Waals surface area contributed by atoms with Crippen LogP contribution >= 0.6 is 0 Å². The van der Waals surface area contributed by atoms with Crippen molar-refractivity contribution < 1.29 is 10.0 Å². The Morgan fingerprint density at radius 2 is 1.89 bits per heavy atom. The molecule has 1 heterocycles. The maximum Gasteiger partial charge on any atom is 0.267 e. The summed E-state index contributed by atoms with van der Waals surface area (Å²) in [5.41, 5.74) is 4.62. The van der Waals surface area contributed by atoms with Crippen LogP contribution in [0.25, 0.3) is 27.9 Å². The standard InChI is InChI=1S/C15H12N2O2/c18-15(17-19)8-6-10-5-7-14-12(9-10)11-3-1-2-4-13(11)16-14/h1-9,16,19H,(H,17,18). The minimum Gasteiger partial charge on any atom is -0.355 e. The molecule has 3 aromatic rings. The van der Waals surface area contributed by atoms with Crippen LogP contribution < -0.4 is 5.48 Å². The molecule has 3 N–H and O–H groups in total. The Morgan fingerprint density at radius 3 is 2.74 bits per heavy atom. The number of hydrogen-bond donors (Lipinski definition) is 3. The molecule has 19 heavy (non-hydrogen) atoms. The van der Waals surface area contributed by atoms with Crippen molar-refractivity contribution in [2.45, 2.75) is 0 Å². The minimum absolute atomic E-state index is 0.543.